The van der Waals surface area contributed by atoms with Crippen molar-refractivity contribution < 1.29 is 9.84 Å². The van der Waals surface area contributed by atoms with E-state index < -0.39 is 0 Å². The lowest BCUT2D eigenvalue weighted by atomic mass is 10.3. The number of phenols is 1. The van der Waals surface area contributed by atoms with E-state index >= 15 is 0 Å². The molecule has 0 saturated heterocycles. The van der Waals surface area contributed by atoms with Gasteiger partial charge >= 0.3 is 0 Å². The Morgan fingerprint density at radius 2 is 2.17 bits per heavy atom. The lowest BCUT2D eigenvalue weighted by Gasteiger charge is -2.07. The zero-order valence-electron chi connectivity index (χ0n) is 6.66. The van der Waals surface area contributed by atoms with Crippen molar-refractivity contribution in [2.45, 2.75) is 18.9 Å². The van der Waals surface area contributed by atoms with Gasteiger partial charge in [0.1, 0.15) is 17.2 Å². The molecule has 0 heterocycles. The second kappa shape index (κ2) is 2.59. The van der Waals surface area contributed by atoms with Gasteiger partial charge in [0.2, 0.25) is 0 Å². The number of ether oxygens (including phenoxy) is 1. The third-order valence-corrected chi connectivity index (χ3v) is 1.86. The lowest BCUT2D eigenvalue weighted by Crippen LogP contribution is -1.99. The number of nitrogen functional groups attached to an aromatic ring is 1. The molecule has 1 aromatic carbocycles. The fraction of sp³-hybridized carbons (Fsp3) is 0.333. The van der Waals surface area contributed by atoms with E-state index in [1.807, 2.05) is 0 Å². The number of nitrogens with two attached hydrogens (primary N) is 1. The molecular weight excluding hydrogens is 154 g/mol. The number of anilines is 1. The molecule has 1 aromatic rings. The Bertz CT molecular complexity index is 295. The highest BCUT2D eigenvalue weighted by Crippen LogP contribution is 2.34. The van der Waals surface area contributed by atoms with Crippen molar-refractivity contribution in [2.75, 3.05) is 5.73 Å². The predicted molar refractivity (Wildman–Crippen MR) is 46.2 cm³/mol. The minimum atomic E-state index is 0.0909. The molecule has 2 rings (SSSR count). The van der Waals surface area contributed by atoms with Crippen LogP contribution in [0.3, 0.4) is 0 Å². The molecule has 1 aliphatic rings. The zero-order chi connectivity index (χ0) is 8.55. The van der Waals surface area contributed by atoms with Crippen molar-refractivity contribution in [3.8, 4) is 11.5 Å². The summed E-state index contributed by atoms with van der Waals surface area (Å²) < 4.78 is 5.45. The van der Waals surface area contributed by atoms with Crippen LogP contribution in [0.25, 0.3) is 0 Å². The maximum atomic E-state index is 9.23. The Morgan fingerprint density at radius 3 is 2.83 bits per heavy atom. The maximum absolute atomic E-state index is 9.23. The second-order valence-corrected chi connectivity index (χ2v) is 3.01. The lowest BCUT2D eigenvalue weighted by molar-refractivity contribution is 0.303. The summed E-state index contributed by atoms with van der Waals surface area (Å²) in [5.41, 5.74) is 5.92. The summed E-state index contributed by atoms with van der Waals surface area (Å²) >= 11 is 0. The Balaban J connectivity index is 2.23. The van der Waals surface area contributed by atoms with Crippen molar-refractivity contribution in [3.05, 3.63) is 18.2 Å². The molecule has 3 heteroatoms. The van der Waals surface area contributed by atoms with E-state index in [1.54, 1.807) is 18.2 Å². The van der Waals surface area contributed by atoms with Crippen LogP contribution in [0.1, 0.15) is 12.8 Å². The smallest absolute Gasteiger partial charge is 0.146 e. The van der Waals surface area contributed by atoms with Crippen LogP contribution in [-0.4, -0.2) is 11.2 Å². The van der Waals surface area contributed by atoms with Crippen molar-refractivity contribution in [1.29, 1.82) is 0 Å². The number of para-hydroxylation sites is 1. The minimum absolute atomic E-state index is 0.0909. The van der Waals surface area contributed by atoms with Crippen molar-refractivity contribution >= 4 is 5.69 Å². The Morgan fingerprint density at radius 1 is 1.42 bits per heavy atom. The molecule has 0 unspecified atom stereocenters. The fourth-order valence-corrected chi connectivity index (χ4v) is 1.00. The Kier molecular flexibility index (Phi) is 1.57. The summed E-state index contributed by atoms with van der Waals surface area (Å²) in [7, 11) is 0. The third kappa shape index (κ3) is 1.30. The molecule has 0 amide bonds. The van der Waals surface area contributed by atoms with Crippen molar-refractivity contribution in [1.82, 2.24) is 0 Å². The summed E-state index contributed by atoms with van der Waals surface area (Å²) in [6.07, 6.45) is 2.50. The van der Waals surface area contributed by atoms with Gasteiger partial charge in [-0.1, -0.05) is 6.07 Å². The van der Waals surface area contributed by atoms with Crippen LogP contribution in [0.2, 0.25) is 0 Å². The normalized spacial score (nSPS) is 16.0. The summed E-state index contributed by atoms with van der Waals surface area (Å²) in [5, 5.41) is 9.23. The topological polar surface area (TPSA) is 55.5 Å². The van der Waals surface area contributed by atoms with E-state index in [4.69, 9.17) is 10.5 Å². The van der Waals surface area contributed by atoms with Gasteiger partial charge in [-0.25, -0.2) is 0 Å². The van der Waals surface area contributed by atoms with E-state index in [0.29, 0.717) is 17.5 Å². The largest absolute Gasteiger partial charge is 0.506 e. The van der Waals surface area contributed by atoms with Gasteiger partial charge in [0.15, 0.2) is 0 Å². The molecule has 1 saturated carbocycles. The van der Waals surface area contributed by atoms with Gasteiger partial charge in [-0.15, -0.1) is 0 Å². The maximum Gasteiger partial charge on any atom is 0.146 e. The first-order chi connectivity index (χ1) is 5.77. The van der Waals surface area contributed by atoms with Gasteiger partial charge in [0, 0.05) is 0 Å². The Labute approximate surface area is 70.8 Å². The molecule has 0 radical (unpaired) electrons. The van der Waals surface area contributed by atoms with E-state index in [-0.39, 0.29) is 5.75 Å². The second-order valence-electron chi connectivity index (χ2n) is 3.01. The van der Waals surface area contributed by atoms with Gasteiger partial charge in [-0.05, 0) is 25.0 Å². The van der Waals surface area contributed by atoms with Gasteiger partial charge < -0.3 is 15.6 Å². The van der Waals surface area contributed by atoms with Crippen LogP contribution in [-0.2, 0) is 0 Å². The van der Waals surface area contributed by atoms with Crippen LogP contribution in [0, 0.1) is 0 Å². The standard InChI is InChI=1S/C9H11NO2/c10-9-7(11)2-1-3-8(9)12-6-4-5-6/h1-3,6,11H,4-5,10H2. The first kappa shape index (κ1) is 7.28. The van der Waals surface area contributed by atoms with Crippen LogP contribution < -0.4 is 10.5 Å². The number of phenolic OH excluding ortho intramolecular Hbond substituents is 1. The van der Waals surface area contributed by atoms with E-state index in [0.717, 1.165) is 12.8 Å². The molecule has 0 atom stereocenters. The first-order valence-electron chi connectivity index (χ1n) is 4.01. The zero-order valence-corrected chi connectivity index (χ0v) is 6.66. The summed E-state index contributed by atoms with van der Waals surface area (Å²) in [6, 6.07) is 5.05. The van der Waals surface area contributed by atoms with Crippen LogP contribution in [0.15, 0.2) is 18.2 Å². The molecule has 3 N–H and O–H groups in total. The predicted octanol–water partition coefficient (Wildman–Crippen LogP) is 1.52. The van der Waals surface area contributed by atoms with Gasteiger partial charge in [-0.3, -0.25) is 0 Å². The summed E-state index contributed by atoms with van der Waals surface area (Å²) in [6.45, 7) is 0. The molecule has 1 fully saturated rings. The highest BCUT2D eigenvalue weighted by molar-refractivity contribution is 5.61. The molecular formula is C9H11NO2. The van der Waals surface area contributed by atoms with Gasteiger partial charge in [0.25, 0.3) is 0 Å². The van der Waals surface area contributed by atoms with Crippen LogP contribution >= 0.6 is 0 Å². The average Bonchev–Trinajstić information content (AvgIpc) is 2.83. The molecule has 0 aromatic heterocycles. The SMILES string of the molecule is Nc1c(O)cccc1OC1CC1. The monoisotopic (exact) mass is 165 g/mol. The molecule has 0 spiro atoms. The summed E-state index contributed by atoms with van der Waals surface area (Å²) in [5.74, 6) is 0.686. The van der Waals surface area contributed by atoms with Gasteiger partial charge in [-0.2, -0.15) is 0 Å². The van der Waals surface area contributed by atoms with E-state index in [1.165, 1.54) is 0 Å². The highest BCUT2D eigenvalue weighted by Gasteiger charge is 2.24. The number of aromatic hydroxyl groups is 1. The summed E-state index contributed by atoms with van der Waals surface area (Å²) in [4.78, 5) is 0. The molecule has 0 bridgehead atoms. The molecule has 0 aliphatic heterocycles. The van der Waals surface area contributed by atoms with Gasteiger partial charge in [0.05, 0.1) is 6.10 Å². The number of rotatable bonds is 2. The number of benzene rings is 1. The third-order valence-electron chi connectivity index (χ3n) is 1.86. The number of hydrogen-bond acceptors (Lipinski definition) is 3. The quantitative estimate of drug-likeness (QED) is 0.516. The van der Waals surface area contributed by atoms with E-state index in [9.17, 15) is 5.11 Å². The average molecular weight is 165 g/mol. The van der Waals surface area contributed by atoms with Crippen molar-refractivity contribution in [2.24, 2.45) is 0 Å². The van der Waals surface area contributed by atoms with Crippen molar-refractivity contribution in [3.63, 3.8) is 0 Å². The Hall–Kier alpha value is -1.38. The number of hydrogen-bond donors (Lipinski definition) is 2. The fourth-order valence-electron chi connectivity index (χ4n) is 1.00. The highest BCUT2D eigenvalue weighted by atomic mass is 16.5. The molecule has 64 valence electrons. The molecule has 12 heavy (non-hydrogen) atoms. The van der Waals surface area contributed by atoms with Crippen LogP contribution in [0.4, 0.5) is 5.69 Å². The minimum Gasteiger partial charge on any atom is -0.506 e. The molecule has 3 nitrogen and oxygen atoms in total. The van der Waals surface area contributed by atoms with Crippen LogP contribution in [0.5, 0.6) is 11.5 Å². The van der Waals surface area contributed by atoms with E-state index in [2.05, 4.69) is 0 Å². The first-order valence-corrected chi connectivity index (χ1v) is 4.01. The molecule has 1 aliphatic carbocycles.